The summed E-state index contributed by atoms with van der Waals surface area (Å²) in [5.41, 5.74) is 1.03. The fourth-order valence-electron chi connectivity index (χ4n) is 2.94. The molecule has 1 aliphatic rings. The third kappa shape index (κ3) is 3.68. The molecule has 0 N–H and O–H groups in total. The van der Waals surface area contributed by atoms with Crippen molar-refractivity contribution in [1.29, 1.82) is 0 Å². The van der Waals surface area contributed by atoms with Gasteiger partial charge in [0.25, 0.3) is 0 Å². The Hall–Kier alpha value is 0.391. The Kier molecular flexibility index (Phi) is 4.08. The van der Waals surface area contributed by atoms with Gasteiger partial charge >= 0.3 is 0 Å². The van der Waals surface area contributed by atoms with E-state index in [0.717, 1.165) is 5.54 Å². The lowest BCUT2D eigenvalue weighted by atomic mass is 10.3. The molecule has 100 valence electrons. The lowest BCUT2D eigenvalue weighted by Gasteiger charge is -2.27. The highest BCUT2D eigenvalue weighted by Gasteiger charge is 2.41. The third-order valence-corrected chi connectivity index (χ3v) is 12.0. The summed E-state index contributed by atoms with van der Waals surface area (Å²) in [6, 6.07) is 0. The molecule has 0 unspecified atom stereocenters. The van der Waals surface area contributed by atoms with E-state index in [2.05, 4.69) is 58.9 Å². The monoisotopic (exact) mass is 284 g/mol. The van der Waals surface area contributed by atoms with Crippen LogP contribution in [-0.2, 0) is 0 Å². The van der Waals surface area contributed by atoms with E-state index in [0.29, 0.717) is 0 Å². The Labute approximate surface area is 112 Å². The van der Waals surface area contributed by atoms with Crippen molar-refractivity contribution < 1.29 is 0 Å². The minimum absolute atomic E-state index is 0.963. The average Bonchev–Trinajstić information content (AvgIpc) is 2.42. The van der Waals surface area contributed by atoms with Crippen LogP contribution in [0.1, 0.15) is 12.8 Å². The molecule has 0 nitrogen and oxygen atoms in total. The van der Waals surface area contributed by atoms with Gasteiger partial charge in [-0.05, 0) is 18.4 Å². The van der Waals surface area contributed by atoms with Crippen molar-refractivity contribution >= 4 is 24.2 Å². The van der Waals surface area contributed by atoms with E-state index in [4.69, 9.17) is 0 Å². The Morgan fingerprint density at radius 2 is 0.941 bits per heavy atom. The van der Waals surface area contributed by atoms with Crippen LogP contribution in [0, 0.1) is 0 Å². The Balaban J connectivity index is 3.10. The van der Waals surface area contributed by atoms with Gasteiger partial charge in [0.1, 0.15) is 0 Å². The van der Waals surface area contributed by atoms with Gasteiger partial charge in [-0.15, -0.1) is 0 Å². The van der Waals surface area contributed by atoms with Crippen LogP contribution in [0.5, 0.6) is 0 Å². The van der Waals surface area contributed by atoms with E-state index >= 15 is 0 Å². The van der Waals surface area contributed by atoms with Gasteiger partial charge in [0.05, 0.1) is 16.1 Å². The molecule has 1 aliphatic carbocycles. The second-order valence-electron chi connectivity index (χ2n) is 8.93. The first kappa shape index (κ1) is 15.4. The predicted molar refractivity (Wildman–Crippen MR) is 90.0 cm³/mol. The van der Waals surface area contributed by atoms with Crippen molar-refractivity contribution in [3.63, 3.8) is 0 Å². The molecule has 0 spiro atoms. The molecule has 0 fully saturated rings. The van der Waals surface area contributed by atoms with Crippen LogP contribution >= 0.6 is 0 Å². The molecule has 0 saturated carbocycles. The summed E-state index contributed by atoms with van der Waals surface area (Å²) in [5.74, 6) is 0. The zero-order chi connectivity index (χ0) is 13.6. The summed E-state index contributed by atoms with van der Waals surface area (Å²) in [7, 11) is -3.12. The van der Waals surface area contributed by atoms with Gasteiger partial charge in [0.2, 0.25) is 0 Å². The van der Waals surface area contributed by atoms with Crippen LogP contribution in [0.2, 0.25) is 64.5 Å². The Bertz CT molecular complexity index is 295. The summed E-state index contributed by atoms with van der Waals surface area (Å²) in [6.07, 6.45) is 2.93. The second kappa shape index (κ2) is 4.49. The van der Waals surface area contributed by atoms with E-state index in [-0.39, 0.29) is 0 Å². The zero-order valence-electron chi connectivity index (χ0n) is 13.5. The van der Waals surface area contributed by atoms with E-state index in [1.54, 1.807) is 0 Å². The molecule has 1 rings (SSSR count). The van der Waals surface area contributed by atoms with E-state index in [1.165, 1.54) is 12.8 Å². The molecule has 0 aromatic carbocycles. The second-order valence-corrected chi connectivity index (χ2v) is 24.7. The van der Waals surface area contributed by atoms with Crippen LogP contribution < -0.4 is 0 Å². The summed E-state index contributed by atoms with van der Waals surface area (Å²) >= 11 is 0. The molecule has 0 aliphatic heterocycles. The van der Waals surface area contributed by atoms with Gasteiger partial charge in [-0.3, -0.25) is 0 Å². The third-order valence-electron chi connectivity index (χ3n) is 4.30. The SMILES string of the molecule is C[Si](C)(C)C1=C([Si](C)(C)C)CC([Si](C)(C)C)C1. The van der Waals surface area contributed by atoms with Gasteiger partial charge in [-0.2, -0.15) is 0 Å². The molecule has 17 heavy (non-hydrogen) atoms. The smallest absolute Gasteiger partial charge is 0.0718 e. The molecule has 0 radical (unpaired) electrons. The van der Waals surface area contributed by atoms with Gasteiger partial charge in [-0.25, -0.2) is 0 Å². The zero-order valence-corrected chi connectivity index (χ0v) is 16.5. The van der Waals surface area contributed by atoms with Crippen molar-refractivity contribution in [3.05, 3.63) is 10.4 Å². The number of hydrogen-bond acceptors (Lipinski definition) is 0. The highest BCUT2D eigenvalue weighted by atomic mass is 28.3. The van der Waals surface area contributed by atoms with Crippen molar-refractivity contribution in [2.24, 2.45) is 0 Å². The molecular weight excluding hydrogens is 252 g/mol. The maximum atomic E-state index is 2.56. The Morgan fingerprint density at radius 1 is 0.647 bits per heavy atom. The first-order valence-corrected chi connectivity index (χ1v) is 17.6. The normalized spacial score (nSPS) is 20.3. The summed E-state index contributed by atoms with van der Waals surface area (Å²) in [6.45, 7) is 23.0. The fraction of sp³-hybridized carbons (Fsp3) is 0.857. The topological polar surface area (TPSA) is 0 Å². The van der Waals surface area contributed by atoms with Gasteiger partial charge in [0, 0.05) is 8.07 Å². The van der Waals surface area contributed by atoms with Crippen LogP contribution in [0.3, 0.4) is 0 Å². The van der Waals surface area contributed by atoms with Crippen molar-refractivity contribution in [1.82, 2.24) is 0 Å². The van der Waals surface area contributed by atoms with Gasteiger partial charge in [-0.1, -0.05) is 69.3 Å². The molecule has 0 saturated heterocycles. The summed E-state index contributed by atoms with van der Waals surface area (Å²) in [5, 5.41) is 3.92. The summed E-state index contributed by atoms with van der Waals surface area (Å²) in [4.78, 5) is 0. The van der Waals surface area contributed by atoms with E-state index in [1.807, 2.05) is 10.4 Å². The van der Waals surface area contributed by atoms with E-state index < -0.39 is 24.2 Å². The number of rotatable bonds is 3. The molecule has 0 heterocycles. The summed E-state index contributed by atoms with van der Waals surface area (Å²) < 4.78 is 0. The molecule has 0 amide bonds. The maximum absolute atomic E-state index is 2.56. The van der Waals surface area contributed by atoms with Crippen LogP contribution in [0.25, 0.3) is 0 Å². The average molecular weight is 285 g/mol. The lowest BCUT2D eigenvalue weighted by Crippen LogP contribution is -2.31. The highest BCUT2D eigenvalue weighted by molar-refractivity contribution is 6.90. The highest BCUT2D eigenvalue weighted by Crippen LogP contribution is 2.47. The fourth-order valence-corrected chi connectivity index (χ4v) is 11.0. The molecule has 3 heteroatoms. The van der Waals surface area contributed by atoms with Crippen molar-refractivity contribution in [2.75, 3.05) is 0 Å². The standard InChI is InChI=1S/C14H32Si3/c1-15(2,3)12-10-13(16(4,5)6)14(11-12)17(7,8)9/h12H,10-11H2,1-9H3. The Morgan fingerprint density at radius 3 is 1.12 bits per heavy atom. The van der Waals surface area contributed by atoms with Crippen LogP contribution in [0.4, 0.5) is 0 Å². The van der Waals surface area contributed by atoms with Crippen molar-refractivity contribution in [3.8, 4) is 0 Å². The number of hydrogen-bond donors (Lipinski definition) is 0. The maximum Gasteiger partial charge on any atom is 0.0718 e. The predicted octanol–water partition coefficient (Wildman–Crippen LogP) is 5.54. The van der Waals surface area contributed by atoms with Crippen LogP contribution in [0.15, 0.2) is 10.4 Å². The molecule has 0 aromatic rings. The first-order valence-electron chi connectivity index (χ1n) is 7.06. The molecule has 0 atom stereocenters. The lowest BCUT2D eigenvalue weighted by molar-refractivity contribution is 0.863. The quantitative estimate of drug-likeness (QED) is 0.597. The van der Waals surface area contributed by atoms with Gasteiger partial charge < -0.3 is 0 Å². The number of allylic oxidation sites excluding steroid dienone is 2. The molecular formula is C14H32Si3. The van der Waals surface area contributed by atoms with E-state index in [9.17, 15) is 0 Å². The molecule has 0 aromatic heterocycles. The molecule has 0 bridgehead atoms. The van der Waals surface area contributed by atoms with Gasteiger partial charge in [0.15, 0.2) is 0 Å². The minimum Gasteiger partial charge on any atom is -0.0855 e. The first-order chi connectivity index (χ1) is 7.33. The largest absolute Gasteiger partial charge is 0.0855 e. The minimum atomic E-state index is -1.08. The van der Waals surface area contributed by atoms with Crippen LogP contribution in [-0.4, -0.2) is 24.2 Å². The van der Waals surface area contributed by atoms with Crippen molar-refractivity contribution in [2.45, 2.75) is 77.3 Å².